The van der Waals surface area contributed by atoms with Crippen molar-refractivity contribution in [3.05, 3.63) is 75.1 Å². The van der Waals surface area contributed by atoms with Crippen LogP contribution in [0.2, 0.25) is 0 Å². The molecule has 0 unspecified atom stereocenters. The number of rotatable bonds is 5. The van der Waals surface area contributed by atoms with Crippen LogP contribution >= 0.6 is 0 Å². The molecule has 0 saturated carbocycles. The Bertz CT molecular complexity index is 1440. The lowest BCUT2D eigenvalue weighted by Crippen LogP contribution is -2.38. The molecule has 0 spiro atoms. The molecule has 158 valence electrons. The smallest absolute Gasteiger partial charge is 0.332 e. The van der Waals surface area contributed by atoms with Crippen LogP contribution in [-0.2, 0) is 25.3 Å². The van der Waals surface area contributed by atoms with E-state index in [9.17, 15) is 14.4 Å². The predicted octanol–water partition coefficient (Wildman–Crippen LogP) is 2.37. The molecule has 0 atom stereocenters. The van der Waals surface area contributed by atoms with E-state index in [0.717, 1.165) is 15.3 Å². The molecule has 0 radical (unpaired) electrons. The van der Waals surface area contributed by atoms with Crippen molar-refractivity contribution in [2.24, 2.45) is 14.1 Å². The van der Waals surface area contributed by atoms with Gasteiger partial charge in [0.15, 0.2) is 12.3 Å². The van der Waals surface area contributed by atoms with E-state index in [1.165, 1.54) is 18.7 Å². The number of carbonyl (C=O) groups excluding carboxylic acids is 1. The van der Waals surface area contributed by atoms with Crippen molar-refractivity contribution in [3.63, 3.8) is 0 Å². The molecule has 4 rings (SSSR count). The number of fused-ring (bicyclic) bond motifs is 2. The van der Waals surface area contributed by atoms with Gasteiger partial charge in [0.1, 0.15) is 11.1 Å². The van der Waals surface area contributed by atoms with Crippen LogP contribution in [0.5, 0.6) is 5.75 Å². The molecule has 2 aromatic carbocycles. The second-order valence-corrected chi connectivity index (χ2v) is 7.26. The van der Waals surface area contributed by atoms with Gasteiger partial charge in [0.05, 0.1) is 5.69 Å². The molecule has 1 amide bonds. The van der Waals surface area contributed by atoms with Crippen LogP contribution in [0.15, 0.2) is 58.3 Å². The van der Waals surface area contributed by atoms with Gasteiger partial charge in [-0.2, -0.15) is 0 Å². The molecular weight excluding hydrogens is 396 g/mol. The lowest BCUT2D eigenvalue weighted by Gasteiger charge is -2.15. The van der Waals surface area contributed by atoms with E-state index in [1.54, 1.807) is 12.3 Å². The normalized spacial score (nSPS) is 11.1. The van der Waals surface area contributed by atoms with Crippen molar-refractivity contribution in [3.8, 4) is 5.75 Å². The molecule has 0 bridgehead atoms. The average Bonchev–Trinajstić information content (AvgIpc) is 2.79. The fourth-order valence-corrected chi connectivity index (χ4v) is 3.56. The Balaban J connectivity index is 1.64. The summed E-state index contributed by atoms with van der Waals surface area (Å²) in [7, 11) is 2.94. The number of nitrogens with zero attached hydrogens (tertiary/aromatic N) is 3. The van der Waals surface area contributed by atoms with Crippen molar-refractivity contribution in [1.29, 1.82) is 0 Å². The summed E-state index contributed by atoms with van der Waals surface area (Å²) in [4.78, 5) is 42.0. The van der Waals surface area contributed by atoms with E-state index < -0.39 is 17.2 Å². The summed E-state index contributed by atoms with van der Waals surface area (Å²) in [5.74, 6) is 0.161. The topological polar surface area (TPSA) is 95.2 Å². The maximum absolute atomic E-state index is 12.8. The second kappa shape index (κ2) is 8.06. The fraction of sp³-hybridized carbons (Fsp3) is 0.217. The van der Waals surface area contributed by atoms with Crippen LogP contribution < -0.4 is 21.3 Å². The summed E-state index contributed by atoms with van der Waals surface area (Å²) in [6.07, 6.45) is 2.12. The number of pyridine rings is 1. The Hall–Kier alpha value is -3.94. The quantitative estimate of drug-likeness (QED) is 0.537. The molecule has 2 heterocycles. The molecule has 0 aliphatic rings. The number of amides is 1. The molecule has 1 N–H and O–H groups in total. The number of anilines is 1. The summed E-state index contributed by atoms with van der Waals surface area (Å²) in [5, 5.41) is 5.08. The van der Waals surface area contributed by atoms with Gasteiger partial charge in [0.2, 0.25) is 0 Å². The van der Waals surface area contributed by atoms with Crippen molar-refractivity contribution < 1.29 is 9.53 Å². The van der Waals surface area contributed by atoms with Crippen LogP contribution in [0.3, 0.4) is 0 Å². The standard InChI is InChI=1S/C23H22N4O4/c1-4-14-12-24-21-19(22(29)27(3)23(30)26(21)2)20(14)25-18(28)13-31-17-10-9-15-7-5-6-8-16(15)11-17/h5-12H,4,13H2,1-3H3,(H,24,25,28). The third kappa shape index (κ3) is 3.68. The first kappa shape index (κ1) is 20.3. The minimum absolute atomic E-state index is 0.197. The van der Waals surface area contributed by atoms with E-state index in [2.05, 4.69) is 10.3 Å². The van der Waals surface area contributed by atoms with E-state index in [-0.39, 0.29) is 17.6 Å². The molecular formula is C23H22N4O4. The second-order valence-electron chi connectivity index (χ2n) is 7.26. The number of aryl methyl sites for hydroxylation is 2. The van der Waals surface area contributed by atoms with Crippen LogP contribution in [-0.4, -0.2) is 26.6 Å². The Kier molecular flexibility index (Phi) is 5.29. The average molecular weight is 418 g/mol. The maximum Gasteiger partial charge on any atom is 0.332 e. The summed E-state index contributed by atoms with van der Waals surface area (Å²) >= 11 is 0. The predicted molar refractivity (Wildman–Crippen MR) is 120 cm³/mol. The van der Waals surface area contributed by atoms with Gasteiger partial charge in [0.25, 0.3) is 11.5 Å². The molecule has 4 aromatic rings. The number of hydrogen-bond acceptors (Lipinski definition) is 5. The maximum atomic E-state index is 12.8. The van der Waals surface area contributed by atoms with E-state index >= 15 is 0 Å². The van der Waals surface area contributed by atoms with Crippen LogP contribution in [0, 0.1) is 0 Å². The van der Waals surface area contributed by atoms with Gasteiger partial charge in [0, 0.05) is 20.3 Å². The Morgan fingerprint density at radius 3 is 2.55 bits per heavy atom. The highest BCUT2D eigenvalue weighted by Crippen LogP contribution is 2.24. The molecule has 2 aromatic heterocycles. The molecule has 0 saturated heterocycles. The van der Waals surface area contributed by atoms with E-state index in [1.807, 2.05) is 43.3 Å². The first-order chi connectivity index (χ1) is 14.9. The van der Waals surface area contributed by atoms with E-state index in [0.29, 0.717) is 23.4 Å². The Morgan fingerprint density at radius 2 is 1.81 bits per heavy atom. The highest BCUT2D eigenvalue weighted by atomic mass is 16.5. The summed E-state index contributed by atoms with van der Waals surface area (Å²) < 4.78 is 7.96. The first-order valence-electron chi connectivity index (χ1n) is 9.89. The van der Waals surface area contributed by atoms with Crippen LogP contribution in [0.25, 0.3) is 21.8 Å². The van der Waals surface area contributed by atoms with Gasteiger partial charge >= 0.3 is 5.69 Å². The largest absolute Gasteiger partial charge is 0.484 e. The number of ether oxygens (including phenoxy) is 1. The zero-order valence-electron chi connectivity index (χ0n) is 17.5. The lowest BCUT2D eigenvalue weighted by molar-refractivity contribution is -0.118. The van der Waals surface area contributed by atoms with E-state index in [4.69, 9.17) is 4.74 Å². The summed E-state index contributed by atoms with van der Waals surface area (Å²) in [6, 6.07) is 13.5. The van der Waals surface area contributed by atoms with Crippen molar-refractivity contribution in [2.45, 2.75) is 13.3 Å². The highest BCUT2D eigenvalue weighted by molar-refractivity contribution is 6.01. The van der Waals surface area contributed by atoms with Gasteiger partial charge in [-0.25, -0.2) is 9.78 Å². The van der Waals surface area contributed by atoms with Crippen molar-refractivity contribution >= 4 is 33.4 Å². The van der Waals surface area contributed by atoms with Crippen LogP contribution in [0.4, 0.5) is 5.69 Å². The zero-order valence-corrected chi connectivity index (χ0v) is 17.5. The summed E-state index contributed by atoms with van der Waals surface area (Å²) in [6.45, 7) is 1.67. The number of hydrogen-bond donors (Lipinski definition) is 1. The Morgan fingerprint density at radius 1 is 1.06 bits per heavy atom. The number of nitrogens with one attached hydrogen (secondary N) is 1. The number of aromatic nitrogens is 3. The molecule has 0 aliphatic heterocycles. The van der Waals surface area contributed by atoms with Crippen LogP contribution in [0.1, 0.15) is 12.5 Å². The van der Waals surface area contributed by atoms with Gasteiger partial charge in [-0.15, -0.1) is 0 Å². The van der Waals surface area contributed by atoms with Gasteiger partial charge in [-0.3, -0.25) is 18.7 Å². The zero-order chi connectivity index (χ0) is 22.1. The SMILES string of the molecule is CCc1cnc2c(c1NC(=O)COc1ccc3ccccc3c1)c(=O)n(C)c(=O)n2C. The number of benzene rings is 2. The molecule has 0 aliphatic carbocycles. The third-order valence-corrected chi connectivity index (χ3v) is 5.28. The molecule has 8 heteroatoms. The van der Waals surface area contributed by atoms with Gasteiger partial charge in [-0.05, 0) is 34.9 Å². The monoisotopic (exact) mass is 418 g/mol. The first-order valence-corrected chi connectivity index (χ1v) is 9.89. The Labute approximate surface area is 177 Å². The lowest BCUT2D eigenvalue weighted by atomic mass is 10.1. The highest BCUT2D eigenvalue weighted by Gasteiger charge is 2.18. The minimum atomic E-state index is -0.508. The molecule has 8 nitrogen and oxygen atoms in total. The minimum Gasteiger partial charge on any atom is -0.484 e. The van der Waals surface area contributed by atoms with Crippen molar-refractivity contribution in [2.75, 3.05) is 11.9 Å². The molecule has 0 fully saturated rings. The number of carbonyl (C=O) groups is 1. The summed E-state index contributed by atoms with van der Waals surface area (Å²) in [5.41, 5.74) is 0.284. The third-order valence-electron chi connectivity index (χ3n) is 5.28. The van der Waals surface area contributed by atoms with Crippen molar-refractivity contribution in [1.82, 2.24) is 14.1 Å². The van der Waals surface area contributed by atoms with Gasteiger partial charge in [-0.1, -0.05) is 37.3 Å². The fourth-order valence-electron chi connectivity index (χ4n) is 3.56. The molecule has 31 heavy (non-hydrogen) atoms. The van der Waals surface area contributed by atoms with Gasteiger partial charge < -0.3 is 10.1 Å².